The van der Waals surface area contributed by atoms with E-state index in [1.54, 1.807) is 24.3 Å². The van der Waals surface area contributed by atoms with Gasteiger partial charge < -0.3 is 20.1 Å². The third-order valence-electron chi connectivity index (χ3n) is 3.85. The second-order valence-electron chi connectivity index (χ2n) is 5.79. The highest BCUT2D eigenvalue weighted by Crippen LogP contribution is 2.30. The first kappa shape index (κ1) is 18.1. The first-order valence-corrected chi connectivity index (χ1v) is 8.69. The molecule has 2 amide bonds. The molecule has 1 heterocycles. The van der Waals surface area contributed by atoms with E-state index in [4.69, 9.17) is 21.1 Å². The Kier molecular flexibility index (Phi) is 5.96. The summed E-state index contributed by atoms with van der Waals surface area (Å²) < 4.78 is 11.4. The molecule has 0 unspecified atom stereocenters. The number of fused-ring (bicyclic) bond motifs is 1. The second kappa shape index (κ2) is 8.58. The molecule has 0 bridgehead atoms. The molecule has 1 aliphatic heterocycles. The van der Waals surface area contributed by atoms with Gasteiger partial charge in [0.25, 0.3) is 5.91 Å². The summed E-state index contributed by atoms with van der Waals surface area (Å²) in [4.78, 5) is 23.9. The summed E-state index contributed by atoms with van der Waals surface area (Å²) in [6.07, 6.45) is -0.0769. The maximum absolute atomic E-state index is 12.0. The van der Waals surface area contributed by atoms with Crippen molar-refractivity contribution in [3.8, 4) is 11.5 Å². The summed E-state index contributed by atoms with van der Waals surface area (Å²) in [5, 5.41) is 5.85. The van der Waals surface area contributed by atoms with Gasteiger partial charge in [0.2, 0.25) is 5.91 Å². The maximum Gasteiger partial charge on any atom is 0.252 e. The fourth-order valence-corrected chi connectivity index (χ4v) is 2.73. The van der Waals surface area contributed by atoms with Crippen molar-refractivity contribution in [2.45, 2.75) is 12.5 Å². The molecule has 0 saturated heterocycles. The van der Waals surface area contributed by atoms with Crippen molar-refractivity contribution in [3.63, 3.8) is 0 Å². The third-order valence-corrected chi connectivity index (χ3v) is 4.18. The van der Waals surface area contributed by atoms with E-state index >= 15 is 0 Å². The molecule has 136 valence electrons. The van der Waals surface area contributed by atoms with Crippen LogP contribution in [0.15, 0.2) is 48.5 Å². The van der Waals surface area contributed by atoms with Crippen molar-refractivity contribution < 1.29 is 19.1 Å². The molecule has 7 heteroatoms. The molecule has 0 fully saturated rings. The van der Waals surface area contributed by atoms with Gasteiger partial charge in [-0.3, -0.25) is 9.59 Å². The highest BCUT2D eigenvalue weighted by molar-refractivity contribution is 6.33. The van der Waals surface area contributed by atoms with Crippen molar-refractivity contribution in [1.29, 1.82) is 0 Å². The molecule has 0 spiro atoms. The van der Waals surface area contributed by atoms with Crippen LogP contribution in [0.5, 0.6) is 11.5 Å². The Bertz CT molecular complexity index is 797. The Morgan fingerprint density at radius 2 is 1.77 bits per heavy atom. The van der Waals surface area contributed by atoms with Gasteiger partial charge in [0.05, 0.1) is 17.1 Å². The van der Waals surface area contributed by atoms with Gasteiger partial charge in [-0.05, 0) is 24.3 Å². The number of carbonyl (C=O) groups excluding carboxylic acids is 2. The number of para-hydroxylation sites is 2. The average molecular weight is 375 g/mol. The van der Waals surface area contributed by atoms with E-state index in [0.717, 1.165) is 0 Å². The highest BCUT2D eigenvalue weighted by atomic mass is 35.5. The van der Waals surface area contributed by atoms with Gasteiger partial charge in [-0.15, -0.1) is 0 Å². The van der Waals surface area contributed by atoms with Gasteiger partial charge in [0.15, 0.2) is 11.5 Å². The van der Waals surface area contributed by atoms with Crippen LogP contribution in [-0.2, 0) is 4.79 Å². The number of carbonyl (C=O) groups is 2. The van der Waals surface area contributed by atoms with Gasteiger partial charge >= 0.3 is 0 Å². The number of amides is 2. The quantitative estimate of drug-likeness (QED) is 0.814. The molecule has 0 aromatic heterocycles. The molecular formula is C19H19ClN2O4. The predicted octanol–water partition coefficient (Wildman–Crippen LogP) is 2.42. The van der Waals surface area contributed by atoms with Crippen LogP contribution in [-0.4, -0.2) is 37.6 Å². The molecule has 6 nitrogen and oxygen atoms in total. The van der Waals surface area contributed by atoms with Gasteiger partial charge in [-0.1, -0.05) is 35.9 Å². The van der Waals surface area contributed by atoms with Crippen molar-refractivity contribution in [1.82, 2.24) is 10.6 Å². The van der Waals surface area contributed by atoms with Crippen molar-refractivity contribution in [3.05, 3.63) is 59.1 Å². The van der Waals surface area contributed by atoms with Crippen LogP contribution in [0.1, 0.15) is 16.8 Å². The van der Waals surface area contributed by atoms with E-state index in [1.165, 1.54) is 0 Å². The lowest BCUT2D eigenvalue weighted by atomic mass is 10.2. The van der Waals surface area contributed by atoms with E-state index < -0.39 is 0 Å². The summed E-state index contributed by atoms with van der Waals surface area (Å²) in [6, 6.07) is 14.2. The zero-order valence-corrected chi connectivity index (χ0v) is 14.8. The molecule has 1 aliphatic rings. The zero-order valence-electron chi connectivity index (χ0n) is 14.0. The second-order valence-corrected chi connectivity index (χ2v) is 6.19. The topological polar surface area (TPSA) is 76.7 Å². The normalized spacial score (nSPS) is 15.2. The Morgan fingerprint density at radius 3 is 2.58 bits per heavy atom. The van der Waals surface area contributed by atoms with E-state index in [9.17, 15) is 9.59 Å². The molecule has 2 N–H and O–H groups in total. The summed E-state index contributed by atoms with van der Waals surface area (Å²) in [7, 11) is 0. The smallest absolute Gasteiger partial charge is 0.252 e. The van der Waals surface area contributed by atoms with Crippen LogP contribution in [0.2, 0.25) is 5.02 Å². The standard InChI is InChI=1S/C19H19ClN2O4/c20-15-6-2-1-5-14(15)19(24)21-10-9-18(23)22-11-13-12-25-16-7-3-4-8-17(16)26-13/h1-8,13H,9-12H2,(H,21,24)(H,22,23)/t13-/m1/s1. The minimum atomic E-state index is -0.302. The van der Waals surface area contributed by atoms with Crippen LogP contribution in [0.3, 0.4) is 0 Å². The number of nitrogens with one attached hydrogen (secondary N) is 2. The van der Waals surface area contributed by atoms with E-state index in [1.807, 2.05) is 24.3 Å². The monoisotopic (exact) mass is 374 g/mol. The summed E-state index contributed by atoms with van der Waals surface area (Å²) in [6.45, 7) is 0.937. The van der Waals surface area contributed by atoms with Crippen LogP contribution in [0.4, 0.5) is 0 Å². The molecule has 0 saturated carbocycles. The molecule has 1 atom stereocenters. The molecule has 0 radical (unpaired) electrons. The fraction of sp³-hybridized carbons (Fsp3) is 0.263. The third kappa shape index (κ3) is 4.67. The minimum absolute atomic E-state index is 0.167. The summed E-state index contributed by atoms with van der Waals surface area (Å²) >= 11 is 5.97. The first-order chi connectivity index (χ1) is 12.6. The fourth-order valence-electron chi connectivity index (χ4n) is 2.51. The van der Waals surface area contributed by atoms with E-state index in [-0.39, 0.29) is 30.9 Å². The molecule has 0 aliphatic carbocycles. The Morgan fingerprint density at radius 1 is 1.04 bits per heavy atom. The number of hydrogen-bond acceptors (Lipinski definition) is 4. The highest BCUT2D eigenvalue weighted by Gasteiger charge is 2.21. The van der Waals surface area contributed by atoms with Gasteiger partial charge in [-0.25, -0.2) is 0 Å². The number of benzene rings is 2. The largest absolute Gasteiger partial charge is 0.486 e. The maximum atomic E-state index is 12.0. The van der Waals surface area contributed by atoms with Crippen LogP contribution >= 0.6 is 11.6 Å². The number of hydrogen-bond donors (Lipinski definition) is 2. The van der Waals surface area contributed by atoms with Gasteiger partial charge in [0, 0.05) is 13.0 Å². The average Bonchev–Trinajstić information content (AvgIpc) is 2.66. The van der Waals surface area contributed by atoms with Gasteiger partial charge in [-0.2, -0.15) is 0 Å². The Balaban J connectivity index is 1.37. The lowest BCUT2D eigenvalue weighted by molar-refractivity contribution is -0.121. The number of halogens is 1. The van der Waals surface area contributed by atoms with Crippen LogP contribution in [0, 0.1) is 0 Å². The van der Waals surface area contributed by atoms with Crippen molar-refractivity contribution >= 4 is 23.4 Å². The first-order valence-electron chi connectivity index (χ1n) is 8.31. The Labute approximate surface area is 156 Å². The molecular weight excluding hydrogens is 356 g/mol. The van der Waals surface area contributed by atoms with Crippen LogP contribution in [0.25, 0.3) is 0 Å². The minimum Gasteiger partial charge on any atom is -0.486 e. The Hall–Kier alpha value is -2.73. The lowest BCUT2D eigenvalue weighted by Gasteiger charge is -2.26. The van der Waals surface area contributed by atoms with Crippen molar-refractivity contribution in [2.24, 2.45) is 0 Å². The number of ether oxygens (including phenoxy) is 2. The zero-order chi connectivity index (χ0) is 18.4. The lowest BCUT2D eigenvalue weighted by Crippen LogP contribution is -2.41. The molecule has 3 rings (SSSR count). The van der Waals surface area contributed by atoms with Crippen molar-refractivity contribution in [2.75, 3.05) is 19.7 Å². The summed E-state index contributed by atoms with van der Waals surface area (Å²) in [5.41, 5.74) is 0.390. The van der Waals surface area contributed by atoms with E-state index in [2.05, 4.69) is 10.6 Å². The van der Waals surface area contributed by atoms with Crippen LogP contribution < -0.4 is 20.1 Å². The van der Waals surface area contributed by atoms with Gasteiger partial charge in [0.1, 0.15) is 12.7 Å². The molecule has 26 heavy (non-hydrogen) atoms. The number of rotatable bonds is 6. The molecule has 2 aromatic carbocycles. The SMILES string of the molecule is O=C(CCNC(=O)c1ccccc1Cl)NC[C@@H]1COc2ccccc2O1. The molecule has 2 aromatic rings. The summed E-state index contributed by atoms with van der Waals surface area (Å²) in [5.74, 6) is 0.901. The predicted molar refractivity (Wildman–Crippen MR) is 97.8 cm³/mol. The van der Waals surface area contributed by atoms with E-state index in [0.29, 0.717) is 35.2 Å².